The minimum atomic E-state index is 0.469. The molecule has 0 unspecified atom stereocenters. The van der Waals surface area contributed by atoms with E-state index in [4.69, 9.17) is 0 Å². The van der Waals surface area contributed by atoms with Gasteiger partial charge >= 0.3 is 0 Å². The van der Waals surface area contributed by atoms with Crippen molar-refractivity contribution in [3.05, 3.63) is 12.2 Å². The maximum Gasteiger partial charge on any atom is 0.136 e. The molecule has 20 heavy (non-hydrogen) atoms. The molecule has 4 heteroatoms. The number of nitrogens with zero attached hydrogens (tertiary/aromatic N) is 4. The predicted octanol–water partition coefficient (Wildman–Crippen LogP) is 3.37. The van der Waals surface area contributed by atoms with Crippen LogP contribution >= 0.6 is 0 Å². The van der Waals surface area contributed by atoms with Crippen LogP contribution in [0.3, 0.4) is 0 Å². The van der Waals surface area contributed by atoms with Gasteiger partial charge in [-0.2, -0.15) is 0 Å². The van der Waals surface area contributed by atoms with Crippen molar-refractivity contribution in [2.45, 2.75) is 76.8 Å². The smallest absolute Gasteiger partial charge is 0.136 e. The topological polar surface area (TPSA) is 34.0 Å². The van der Waals surface area contributed by atoms with Crippen molar-refractivity contribution in [2.75, 3.05) is 13.1 Å². The van der Waals surface area contributed by atoms with E-state index in [1.807, 2.05) is 6.33 Å². The van der Waals surface area contributed by atoms with Crippen LogP contribution in [0.15, 0.2) is 6.33 Å². The van der Waals surface area contributed by atoms with Gasteiger partial charge in [0.2, 0.25) is 0 Å². The molecule has 4 nitrogen and oxygen atoms in total. The van der Waals surface area contributed by atoms with Gasteiger partial charge in [-0.15, -0.1) is 10.2 Å². The largest absolute Gasteiger partial charge is 0.315 e. The average molecular weight is 276 g/mol. The van der Waals surface area contributed by atoms with E-state index in [0.717, 1.165) is 6.04 Å². The predicted molar refractivity (Wildman–Crippen MR) is 80.8 cm³/mol. The van der Waals surface area contributed by atoms with Crippen molar-refractivity contribution < 1.29 is 0 Å². The molecule has 0 bridgehead atoms. The van der Waals surface area contributed by atoms with Crippen LogP contribution in [0.1, 0.15) is 76.6 Å². The molecule has 2 aliphatic rings. The summed E-state index contributed by atoms with van der Waals surface area (Å²) in [7, 11) is 0. The number of piperidine rings is 1. The summed E-state index contributed by atoms with van der Waals surface area (Å²) in [6.45, 7) is 6.93. The van der Waals surface area contributed by atoms with Crippen molar-refractivity contribution >= 4 is 0 Å². The molecule has 1 saturated carbocycles. The molecule has 0 N–H and O–H groups in total. The van der Waals surface area contributed by atoms with Crippen molar-refractivity contribution in [1.82, 2.24) is 19.7 Å². The minimum Gasteiger partial charge on any atom is -0.315 e. The zero-order valence-corrected chi connectivity index (χ0v) is 13.0. The Bertz CT molecular complexity index is 412. The van der Waals surface area contributed by atoms with E-state index < -0.39 is 0 Å². The summed E-state index contributed by atoms with van der Waals surface area (Å²) >= 11 is 0. The van der Waals surface area contributed by atoms with E-state index in [1.54, 1.807) is 0 Å². The Hall–Kier alpha value is -0.900. The molecule has 0 amide bonds. The third-order valence-corrected chi connectivity index (χ3v) is 5.14. The van der Waals surface area contributed by atoms with Gasteiger partial charge in [-0.25, -0.2) is 0 Å². The van der Waals surface area contributed by atoms with Gasteiger partial charge in [-0.05, 0) is 52.6 Å². The lowest BCUT2D eigenvalue weighted by molar-refractivity contribution is 0.120. The molecule has 1 saturated heterocycles. The van der Waals surface area contributed by atoms with Gasteiger partial charge in [0, 0.05) is 18.0 Å². The minimum absolute atomic E-state index is 0.469. The molecule has 0 spiro atoms. The lowest BCUT2D eigenvalue weighted by atomic mass is 9.90. The second-order valence-electron chi connectivity index (χ2n) is 6.79. The van der Waals surface area contributed by atoms with Crippen LogP contribution in [0.5, 0.6) is 0 Å². The van der Waals surface area contributed by atoms with Crippen molar-refractivity contribution in [3.8, 4) is 0 Å². The van der Waals surface area contributed by atoms with Crippen molar-refractivity contribution in [1.29, 1.82) is 0 Å². The molecule has 112 valence electrons. The highest BCUT2D eigenvalue weighted by Gasteiger charge is 2.29. The summed E-state index contributed by atoms with van der Waals surface area (Å²) in [5.41, 5.74) is 0. The maximum absolute atomic E-state index is 4.39. The van der Waals surface area contributed by atoms with E-state index in [9.17, 15) is 0 Å². The van der Waals surface area contributed by atoms with Crippen LogP contribution < -0.4 is 0 Å². The van der Waals surface area contributed by atoms with E-state index in [1.165, 1.54) is 63.9 Å². The van der Waals surface area contributed by atoms with Crippen LogP contribution in [0.4, 0.5) is 0 Å². The van der Waals surface area contributed by atoms with Gasteiger partial charge in [-0.1, -0.05) is 19.3 Å². The van der Waals surface area contributed by atoms with Crippen molar-refractivity contribution in [3.63, 3.8) is 0 Å². The molecular weight excluding hydrogens is 248 g/mol. The van der Waals surface area contributed by atoms with Gasteiger partial charge in [0.15, 0.2) is 0 Å². The van der Waals surface area contributed by atoms with Crippen LogP contribution in [0, 0.1) is 0 Å². The molecular formula is C16H28N4. The zero-order chi connectivity index (χ0) is 13.9. The lowest BCUT2D eigenvalue weighted by Gasteiger charge is -2.39. The van der Waals surface area contributed by atoms with Gasteiger partial charge < -0.3 is 9.47 Å². The molecule has 1 aliphatic carbocycles. The fraction of sp³-hybridized carbons (Fsp3) is 0.875. The quantitative estimate of drug-likeness (QED) is 0.849. The van der Waals surface area contributed by atoms with E-state index in [-0.39, 0.29) is 0 Å². The maximum atomic E-state index is 4.39. The van der Waals surface area contributed by atoms with Gasteiger partial charge in [0.05, 0.1) is 0 Å². The SMILES string of the molecule is CC(C)n1cnnc1C1CCN(C2CCCCC2)CC1. The number of hydrogen-bond donors (Lipinski definition) is 0. The summed E-state index contributed by atoms with van der Waals surface area (Å²) < 4.78 is 2.25. The molecule has 0 aromatic carbocycles. The summed E-state index contributed by atoms with van der Waals surface area (Å²) in [5, 5.41) is 8.52. The Balaban J connectivity index is 1.59. The summed E-state index contributed by atoms with van der Waals surface area (Å²) in [6.07, 6.45) is 11.6. The Kier molecular flexibility index (Phi) is 4.39. The van der Waals surface area contributed by atoms with Crippen LogP contribution in [-0.2, 0) is 0 Å². The van der Waals surface area contributed by atoms with Gasteiger partial charge in [-0.3, -0.25) is 0 Å². The third kappa shape index (κ3) is 2.90. The normalized spacial score (nSPS) is 23.6. The van der Waals surface area contributed by atoms with Gasteiger partial charge in [0.25, 0.3) is 0 Å². The first kappa shape index (κ1) is 14.1. The first-order valence-electron chi connectivity index (χ1n) is 8.39. The Morgan fingerprint density at radius 3 is 2.40 bits per heavy atom. The van der Waals surface area contributed by atoms with E-state index >= 15 is 0 Å². The molecule has 0 radical (unpaired) electrons. The number of aromatic nitrogens is 3. The number of likely N-dealkylation sites (tertiary alicyclic amines) is 1. The second-order valence-corrected chi connectivity index (χ2v) is 6.79. The summed E-state index contributed by atoms with van der Waals surface area (Å²) in [5.74, 6) is 1.82. The van der Waals surface area contributed by atoms with Crippen LogP contribution in [-0.4, -0.2) is 38.8 Å². The van der Waals surface area contributed by atoms with E-state index in [0.29, 0.717) is 12.0 Å². The molecule has 3 rings (SSSR count). The fourth-order valence-electron chi connectivity index (χ4n) is 3.91. The molecule has 2 heterocycles. The fourth-order valence-corrected chi connectivity index (χ4v) is 3.91. The monoisotopic (exact) mass is 276 g/mol. The molecule has 1 aliphatic heterocycles. The van der Waals surface area contributed by atoms with Crippen LogP contribution in [0.2, 0.25) is 0 Å². The second kappa shape index (κ2) is 6.25. The summed E-state index contributed by atoms with van der Waals surface area (Å²) in [6, 6.07) is 1.34. The summed E-state index contributed by atoms with van der Waals surface area (Å²) in [4.78, 5) is 2.74. The first-order chi connectivity index (χ1) is 9.75. The highest BCUT2D eigenvalue weighted by atomic mass is 15.3. The van der Waals surface area contributed by atoms with Gasteiger partial charge in [0.1, 0.15) is 12.2 Å². The van der Waals surface area contributed by atoms with Crippen molar-refractivity contribution in [2.24, 2.45) is 0 Å². The Morgan fingerprint density at radius 2 is 1.75 bits per heavy atom. The zero-order valence-electron chi connectivity index (χ0n) is 13.0. The molecule has 0 atom stereocenters. The molecule has 2 fully saturated rings. The lowest BCUT2D eigenvalue weighted by Crippen LogP contribution is -2.42. The number of rotatable bonds is 3. The Labute approximate surface area is 122 Å². The highest BCUT2D eigenvalue weighted by molar-refractivity contribution is 5.00. The Morgan fingerprint density at radius 1 is 1.05 bits per heavy atom. The standard InChI is InChI=1S/C16H28N4/c1-13(2)20-12-17-18-16(20)14-8-10-19(11-9-14)15-6-4-3-5-7-15/h12-15H,3-11H2,1-2H3. The molecule has 1 aromatic heterocycles. The first-order valence-corrected chi connectivity index (χ1v) is 8.39. The highest BCUT2D eigenvalue weighted by Crippen LogP contribution is 2.31. The molecule has 1 aromatic rings. The third-order valence-electron chi connectivity index (χ3n) is 5.14. The average Bonchev–Trinajstić information content (AvgIpc) is 2.98. The van der Waals surface area contributed by atoms with Crippen LogP contribution in [0.25, 0.3) is 0 Å². The van der Waals surface area contributed by atoms with E-state index in [2.05, 4.69) is 33.5 Å². The number of hydrogen-bond acceptors (Lipinski definition) is 3.